The van der Waals surface area contributed by atoms with E-state index < -0.39 is 0 Å². The Kier molecular flexibility index (Phi) is 5.07. The summed E-state index contributed by atoms with van der Waals surface area (Å²) in [5, 5.41) is 0.986. The number of pyridine rings is 2. The summed E-state index contributed by atoms with van der Waals surface area (Å²) in [5.41, 5.74) is 4.66. The molecule has 2 heterocycles. The van der Waals surface area contributed by atoms with Gasteiger partial charge in [0.05, 0.1) is 0 Å². The Morgan fingerprint density at radius 1 is 1.48 bits per heavy atom. The molecule has 0 spiro atoms. The maximum atomic E-state index is 12.1. The molecule has 2 aromatic rings. The number of amides is 1. The third-order valence-electron chi connectivity index (χ3n) is 3.19. The molecule has 4 nitrogen and oxygen atoms in total. The van der Waals surface area contributed by atoms with Crippen molar-refractivity contribution in [3.05, 3.63) is 34.6 Å². The predicted molar refractivity (Wildman–Crippen MR) is 88.4 cm³/mol. The van der Waals surface area contributed by atoms with Gasteiger partial charge < -0.3 is 0 Å². The molecule has 0 bridgehead atoms. The van der Waals surface area contributed by atoms with Gasteiger partial charge in [0.15, 0.2) is 5.65 Å². The maximum absolute atomic E-state index is 12.1. The molecule has 0 fully saturated rings. The van der Waals surface area contributed by atoms with E-state index in [4.69, 9.17) is 12.2 Å². The molecule has 0 aromatic carbocycles. The Balaban J connectivity index is 2.51. The third kappa shape index (κ3) is 3.67. The molecular formula is C16H21N3OS. The summed E-state index contributed by atoms with van der Waals surface area (Å²) in [6.07, 6.45) is 4.08. The first-order valence-electron chi connectivity index (χ1n) is 7.32. The Labute approximate surface area is 130 Å². The van der Waals surface area contributed by atoms with Gasteiger partial charge in [-0.15, -0.1) is 0 Å². The van der Waals surface area contributed by atoms with Gasteiger partial charge >= 0.3 is 0 Å². The second kappa shape index (κ2) is 6.80. The van der Waals surface area contributed by atoms with Crippen LogP contribution in [-0.2, 0) is 11.2 Å². The summed E-state index contributed by atoms with van der Waals surface area (Å²) in [7, 11) is 0. The molecule has 0 aliphatic carbocycles. The van der Waals surface area contributed by atoms with Crippen LogP contribution >= 0.6 is 12.2 Å². The standard InChI is InChI=1S/C16H21N3OS/c1-4-6-13-10-12-7-5-8-17-15(12)19(16(13)21)18-14(20)9-11(2)3/h5,7-8,10-11H,4,6,9H2,1-3H3,(H,18,20). The van der Waals surface area contributed by atoms with Crippen LogP contribution in [0, 0.1) is 10.6 Å². The fourth-order valence-corrected chi connectivity index (χ4v) is 2.58. The number of carbonyl (C=O) groups is 1. The van der Waals surface area contributed by atoms with E-state index in [1.54, 1.807) is 10.9 Å². The molecule has 0 aliphatic rings. The van der Waals surface area contributed by atoms with E-state index in [1.807, 2.05) is 26.0 Å². The van der Waals surface area contributed by atoms with Crippen molar-refractivity contribution in [3.8, 4) is 0 Å². The van der Waals surface area contributed by atoms with E-state index in [2.05, 4.69) is 23.4 Å². The molecule has 0 aliphatic heterocycles. The monoisotopic (exact) mass is 303 g/mol. The fraction of sp³-hybridized carbons (Fsp3) is 0.438. The highest BCUT2D eigenvalue weighted by molar-refractivity contribution is 7.71. The molecule has 0 saturated heterocycles. The molecule has 0 radical (unpaired) electrons. The van der Waals surface area contributed by atoms with E-state index in [9.17, 15) is 4.79 Å². The van der Waals surface area contributed by atoms with Crippen molar-refractivity contribution >= 4 is 29.2 Å². The Bertz CT molecular complexity index is 706. The Morgan fingerprint density at radius 3 is 2.90 bits per heavy atom. The number of hydrogen-bond donors (Lipinski definition) is 1. The highest BCUT2D eigenvalue weighted by Crippen LogP contribution is 2.17. The molecule has 5 heteroatoms. The molecule has 0 saturated carbocycles. The van der Waals surface area contributed by atoms with Gasteiger partial charge in [-0.25, -0.2) is 9.66 Å². The Hall–Kier alpha value is -1.75. The van der Waals surface area contributed by atoms with Crippen LogP contribution in [0.15, 0.2) is 24.4 Å². The lowest BCUT2D eigenvalue weighted by Gasteiger charge is -2.15. The number of fused-ring (bicyclic) bond motifs is 1. The molecule has 2 rings (SSSR count). The minimum Gasteiger partial charge on any atom is -0.273 e. The van der Waals surface area contributed by atoms with Crippen molar-refractivity contribution in [3.63, 3.8) is 0 Å². The normalized spacial score (nSPS) is 11.0. The summed E-state index contributed by atoms with van der Waals surface area (Å²) >= 11 is 5.53. The van der Waals surface area contributed by atoms with E-state index >= 15 is 0 Å². The fourth-order valence-electron chi connectivity index (χ4n) is 2.29. The van der Waals surface area contributed by atoms with E-state index in [1.165, 1.54) is 0 Å². The zero-order valence-electron chi connectivity index (χ0n) is 12.7. The Morgan fingerprint density at radius 2 is 2.24 bits per heavy atom. The van der Waals surface area contributed by atoms with Crippen LogP contribution in [0.2, 0.25) is 0 Å². The number of rotatable bonds is 5. The molecule has 2 aromatic heterocycles. The van der Waals surface area contributed by atoms with Crippen LogP contribution in [0.25, 0.3) is 11.0 Å². The third-order valence-corrected chi connectivity index (χ3v) is 3.63. The first kappa shape index (κ1) is 15.6. The summed E-state index contributed by atoms with van der Waals surface area (Å²) in [6.45, 7) is 6.15. The van der Waals surface area contributed by atoms with Gasteiger partial charge in [0, 0.05) is 18.0 Å². The average Bonchev–Trinajstić information content (AvgIpc) is 2.43. The van der Waals surface area contributed by atoms with Crippen LogP contribution in [0.4, 0.5) is 0 Å². The van der Waals surface area contributed by atoms with Crippen LogP contribution in [0.1, 0.15) is 39.2 Å². The molecule has 21 heavy (non-hydrogen) atoms. The number of hydrogen-bond acceptors (Lipinski definition) is 3. The van der Waals surface area contributed by atoms with Crippen molar-refractivity contribution in [1.82, 2.24) is 9.66 Å². The second-order valence-corrected chi connectivity index (χ2v) is 6.00. The van der Waals surface area contributed by atoms with Crippen molar-refractivity contribution in [1.29, 1.82) is 0 Å². The van der Waals surface area contributed by atoms with Crippen LogP contribution < -0.4 is 5.43 Å². The van der Waals surface area contributed by atoms with Gasteiger partial charge in [-0.1, -0.05) is 39.4 Å². The minimum atomic E-state index is -0.0401. The highest BCUT2D eigenvalue weighted by atomic mass is 32.1. The van der Waals surface area contributed by atoms with E-state index in [0.29, 0.717) is 22.6 Å². The predicted octanol–water partition coefficient (Wildman–Crippen LogP) is 3.83. The van der Waals surface area contributed by atoms with Crippen LogP contribution in [0.5, 0.6) is 0 Å². The maximum Gasteiger partial charge on any atom is 0.239 e. The SMILES string of the molecule is CCCc1cc2cccnc2n(NC(=O)CC(C)C)c1=S. The van der Waals surface area contributed by atoms with Gasteiger partial charge in [-0.2, -0.15) is 0 Å². The molecule has 1 N–H and O–H groups in total. The van der Waals surface area contributed by atoms with Gasteiger partial charge in [0.1, 0.15) is 4.64 Å². The molecule has 0 unspecified atom stereocenters. The van der Waals surface area contributed by atoms with Gasteiger partial charge in [-0.05, 0) is 36.1 Å². The molecular weight excluding hydrogens is 282 g/mol. The van der Waals surface area contributed by atoms with Crippen LogP contribution in [0.3, 0.4) is 0 Å². The number of aromatic nitrogens is 2. The van der Waals surface area contributed by atoms with Gasteiger partial charge in [0.2, 0.25) is 5.91 Å². The van der Waals surface area contributed by atoms with Crippen LogP contribution in [-0.4, -0.2) is 15.6 Å². The summed E-state index contributed by atoms with van der Waals surface area (Å²) < 4.78 is 2.29. The summed E-state index contributed by atoms with van der Waals surface area (Å²) in [6, 6.07) is 5.95. The van der Waals surface area contributed by atoms with E-state index in [0.717, 1.165) is 23.8 Å². The van der Waals surface area contributed by atoms with Crippen molar-refractivity contribution in [2.75, 3.05) is 5.43 Å². The number of carbonyl (C=O) groups excluding carboxylic acids is 1. The first-order valence-corrected chi connectivity index (χ1v) is 7.73. The number of aryl methyl sites for hydroxylation is 1. The van der Waals surface area contributed by atoms with Crippen molar-refractivity contribution < 1.29 is 4.79 Å². The zero-order valence-corrected chi connectivity index (χ0v) is 13.5. The lowest BCUT2D eigenvalue weighted by atomic mass is 10.1. The molecule has 1 amide bonds. The van der Waals surface area contributed by atoms with Crippen molar-refractivity contribution in [2.24, 2.45) is 5.92 Å². The second-order valence-electron chi connectivity index (χ2n) is 5.61. The summed E-state index contributed by atoms with van der Waals surface area (Å²) in [5.74, 6) is 0.263. The molecule has 0 atom stereocenters. The number of nitrogens with one attached hydrogen (secondary N) is 1. The lowest BCUT2D eigenvalue weighted by molar-refractivity contribution is -0.117. The smallest absolute Gasteiger partial charge is 0.239 e. The van der Waals surface area contributed by atoms with E-state index in [-0.39, 0.29) is 5.91 Å². The molecule has 112 valence electrons. The average molecular weight is 303 g/mol. The zero-order chi connectivity index (χ0) is 15.4. The first-order chi connectivity index (χ1) is 10.0. The lowest BCUT2D eigenvalue weighted by Crippen LogP contribution is -2.26. The van der Waals surface area contributed by atoms with Crippen molar-refractivity contribution in [2.45, 2.75) is 40.0 Å². The quantitative estimate of drug-likeness (QED) is 0.854. The highest BCUT2D eigenvalue weighted by Gasteiger charge is 2.11. The minimum absolute atomic E-state index is 0.0401. The largest absolute Gasteiger partial charge is 0.273 e. The van der Waals surface area contributed by atoms with Gasteiger partial charge in [0.25, 0.3) is 0 Å². The number of nitrogens with zero attached hydrogens (tertiary/aromatic N) is 2. The summed E-state index contributed by atoms with van der Waals surface area (Å²) in [4.78, 5) is 16.4. The van der Waals surface area contributed by atoms with Gasteiger partial charge in [-0.3, -0.25) is 10.2 Å². The topological polar surface area (TPSA) is 46.9 Å².